The number of halogens is 6. The standard InChI is InChI=1S/C26H24F6N2O5S/c1-4-24(2,3)15-8-11-21(22(13-15)40(36,37)38)39-18-9-10-19(26(30,31)32)20(14-18)34-23(35)33-17-7-5-6-16(12-17)25(27,28)29/h5-14H,4H2,1-3H3,(H2,33,34,35)(H,36,37,38). The van der Waals surface area contributed by atoms with Crippen molar-refractivity contribution >= 4 is 27.5 Å². The lowest BCUT2D eigenvalue weighted by atomic mass is 9.82. The molecule has 0 atom stereocenters. The van der Waals surface area contributed by atoms with Crippen LogP contribution in [-0.2, 0) is 27.9 Å². The van der Waals surface area contributed by atoms with E-state index in [-0.39, 0.29) is 11.4 Å². The van der Waals surface area contributed by atoms with E-state index in [9.17, 15) is 44.1 Å². The highest BCUT2D eigenvalue weighted by Gasteiger charge is 2.35. The lowest BCUT2D eigenvalue weighted by molar-refractivity contribution is -0.138. The van der Waals surface area contributed by atoms with Crippen LogP contribution in [0.1, 0.15) is 43.9 Å². The van der Waals surface area contributed by atoms with Crippen molar-refractivity contribution < 1.29 is 48.8 Å². The molecule has 0 unspecified atom stereocenters. The zero-order valence-corrected chi connectivity index (χ0v) is 22.1. The molecule has 40 heavy (non-hydrogen) atoms. The summed E-state index contributed by atoms with van der Waals surface area (Å²) in [6.07, 6.45) is -9.05. The SMILES string of the molecule is CCC(C)(C)c1ccc(Oc2ccc(C(F)(F)F)c(NC(=O)Nc3cccc(C(F)(F)F)c3)c2)c(S(=O)(=O)O)c1. The third-order valence-electron chi connectivity index (χ3n) is 6.11. The second kappa shape index (κ2) is 11.0. The number of carbonyl (C=O) groups is 1. The van der Waals surface area contributed by atoms with Gasteiger partial charge in [0.2, 0.25) is 0 Å². The second-order valence-electron chi connectivity index (χ2n) is 9.34. The Bertz CT molecular complexity index is 1520. The van der Waals surface area contributed by atoms with Crippen LogP contribution in [0.25, 0.3) is 0 Å². The van der Waals surface area contributed by atoms with Gasteiger partial charge >= 0.3 is 18.4 Å². The van der Waals surface area contributed by atoms with Gasteiger partial charge in [-0.1, -0.05) is 32.9 Å². The summed E-state index contributed by atoms with van der Waals surface area (Å²) in [6.45, 7) is 5.56. The van der Waals surface area contributed by atoms with Crippen LogP contribution >= 0.6 is 0 Å². The van der Waals surface area contributed by atoms with Gasteiger partial charge in [0.15, 0.2) is 0 Å². The van der Waals surface area contributed by atoms with Gasteiger partial charge in [-0.15, -0.1) is 0 Å². The predicted molar refractivity (Wildman–Crippen MR) is 135 cm³/mol. The first-order valence-corrected chi connectivity index (χ1v) is 13.0. The number of ether oxygens (including phenoxy) is 1. The molecule has 0 aromatic heterocycles. The molecule has 0 saturated carbocycles. The molecule has 3 rings (SSSR count). The first-order chi connectivity index (χ1) is 18.3. The van der Waals surface area contributed by atoms with Crippen molar-refractivity contribution in [1.29, 1.82) is 0 Å². The lowest BCUT2D eigenvalue weighted by Crippen LogP contribution is -2.22. The molecule has 2 amide bonds. The van der Waals surface area contributed by atoms with Crippen LogP contribution in [-0.4, -0.2) is 19.0 Å². The van der Waals surface area contributed by atoms with Crippen LogP contribution in [0, 0.1) is 0 Å². The zero-order valence-electron chi connectivity index (χ0n) is 21.2. The van der Waals surface area contributed by atoms with Crippen LogP contribution in [0.2, 0.25) is 0 Å². The normalized spacial score (nSPS) is 12.7. The number of urea groups is 1. The van der Waals surface area contributed by atoms with Crippen LogP contribution < -0.4 is 15.4 Å². The first kappa shape index (κ1) is 30.8. The van der Waals surface area contributed by atoms with Crippen molar-refractivity contribution in [2.45, 2.75) is 49.9 Å². The van der Waals surface area contributed by atoms with Crippen molar-refractivity contribution in [3.63, 3.8) is 0 Å². The molecule has 0 bridgehead atoms. The van der Waals surface area contributed by atoms with Crippen molar-refractivity contribution in [2.75, 3.05) is 10.6 Å². The molecule has 0 aliphatic heterocycles. The quantitative estimate of drug-likeness (QED) is 0.191. The number of benzene rings is 3. The van der Waals surface area contributed by atoms with Gasteiger partial charge in [-0.3, -0.25) is 4.55 Å². The van der Waals surface area contributed by atoms with Gasteiger partial charge in [0.1, 0.15) is 16.4 Å². The van der Waals surface area contributed by atoms with E-state index in [1.54, 1.807) is 6.07 Å². The minimum atomic E-state index is -4.95. The van der Waals surface area contributed by atoms with E-state index in [2.05, 4.69) is 0 Å². The van der Waals surface area contributed by atoms with E-state index in [4.69, 9.17) is 4.74 Å². The van der Waals surface area contributed by atoms with Gasteiger partial charge < -0.3 is 15.4 Å². The number of carbonyl (C=O) groups excluding carboxylic acids is 1. The van der Waals surface area contributed by atoms with E-state index in [0.717, 1.165) is 30.3 Å². The number of anilines is 2. The molecule has 0 aliphatic rings. The molecule has 3 aromatic rings. The average Bonchev–Trinajstić information content (AvgIpc) is 2.82. The van der Waals surface area contributed by atoms with Gasteiger partial charge in [-0.05, 0) is 59.9 Å². The number of hydrogen-bond donors (Lipinski definition) is 3. The van der Waals surface area contributed by atoms with E-state index in [1.807, 2.05) is 31.4 Å². The number of nitrogens with one attached hydrogen (secondary N) is 2. The van der Waals surface area contributed by atoms with E-state index < -0.39 is 61.4 Å². The molecular weight excluding hydrogens is 566 g/mol. The van der Waals surface area contributed by atoms with Gasteiger partial charge in [0.05, 0.1) is 16.8 Å². The number of amides is 2. The fourth-order valence-corrected chi connectivity index (χ4v) is 4.18. The molecule has 216 valence electrons. The van der Waals surface area contributed by atoms with Crippen molar-refractivity contribution in [3.05, 3.63) is 77.4 Å². The average molecular weight is 591 g/mol. The molecule has 0 saturated heterocycles. The minimum absolute atomic E-state index is 0.332. The summed E-state index contributed by atoms with van der Waals surface area (Å²) in [4.78, 5) is 11.8. The summed E-state index contributed by atoms with van der Waals surface area (Å²) in [7, 11) is -4.82. The largest absolute Gasteiger partial charge is 0.456 e. The summed E-state index contributed by atoms with van der Waals surface area (Å²) < 4.78 is 119. The highest BCUT2D eigenvalue weighted by molar-refractivity contribution is 7.86. The molecule has 3 N–H and O–H groups in total. The third-order valence-corrected chi connectivity index (χ3v) is 6.98. The Morgan fingerprint density at radius 1 is 0.875 bits per heavy atom. The molecule has 0 aliphatic carbocycles. The van der Waals surface area contributed by atoms with Gasteiger partial charge in [-0.2, -0.15) is 34.8 Å². The maximum Gasteiger partial charge on any atom is 0.418 e. The van der Waals surface area contributed by atoms with Gasteiger partial charge in [0, 0.05) is 11.8 Å². The molecular formula is C26H24F6N2O5S. The molecule has 7 nitrogen and oxygen atoms in total. The maximum absolute atomic E-state index is 13.6. The summed E-state index contributed by atoms with van der Waals surface area (Å²) in [5, 5.41) is 3.97. The van der Waals surface area contributed by atoms with Crippen LogP contribution in [0.4, 0.5) is 42.5 Å². The van der Waals surface area contributed by atoms with Gasteiger partial charge in [-0.25, -0.2) is 4.79 Å². The summed E-state index contributed by atoms with van der Waals surface area (Å²) in [5.41, 5.74) is -3.48. The molecule has 0 fully saturated rings. The Labute approximate surface area is 225 Å². The molecule has 0 heterocycles. The molecule has 0 spiro atoms. The fourth-order valence-electron chi connectivity index (χ4n) is 3.54. The Morgan fingerprint density at radius 2 is 1.55 bits per heavy atom. The number of alkyl halides is 6. The number of hydrogen-bond acceptors (Lipinski definition) is 4. The highest BCUT2D eigenvalue weighted by atomic mass is 32.2. The highest BCUT2D eigenvalue weighted by Crippen LogP contribution is 2.40. The van der Waals surface area contributed by atoms with Gasteiger partial charge in [0.25, 0.3) is 10.1 Å². The Kier molecular flexibility index (Phi) is 8.46. The second-order valence-corrected chi connectivity index (χ2v) is 10.7. The van der Waals surface area contributed by atoms with E-state index >= 15 is 0 Å². The third kappa shape index (κ3) is 7.45. The van der Waals surface area contributed by atoms with Crippen LogP contribution in [0.15, 0.2) is 65.6 Å². The minimum Gasteiger partial charge on any atom is -0.456 e. The Hall–Kier alpha value is -3.78. The topological polar surface area (TPSA) is 105 Å². The monoisotopic (exact) mass is 590 g/mol. The smallest absolute Gasteiger partial charge is 0.418 e. The summed E-state index contributed by atoms with van der Waals surface area (Å²) in [5.74, 6) is -0.730. The lowest BCUT2D eigenvalue weighted by Gasteiger charge is -2.24. The molecule has 0 radical (unpaired) electrons. The van der Waals surface area contributed by atoms with E-state index in [1.165, 1.54) is 12.1 Å². The van der Waals surface area contributed by atoms with Crippen LogP contribution in [0.5, 0.6) is 11.5 Å². The van der Waals surface area contributed by atoms with Crippen molar-refractivity contribution in [2.24, 2.45) is 0 Å². The summed E-state index contributed by atoms with van der Waals surface area (Å²) in [6, 6.07) is 8.35. The molecule has 14 heteroatoms. The fraction of sp³-hybridized carbons (Fsp3) is 0.269. The molecule has 3 aromatic carbocycles. The Morgan fingerprint density at radius 3 is 2.12 bits per heavy atom. The van der Waals surface area contributed by atoms with E-state index in [0.29, 0.717) is 24.1 Å². The van der Waals surface area contributed by atoms with Crippen molar-refractivity contribution in [1.82, 2.24) is 0 Å². The predicted octanol–water partition coefficient (Wildman–Crippen LogP) is 8.09. The number of rotatable bonds is 7. The summed E-state index contributed by atoms with van der Waals surface area (Å²) >= 11 is 0. The maximum atomic E-state index is 13.6. The first-order valence-electron chi connectivity index (χ1n) is 11.6. The van der Waals surface area contributed by atoms with Crippen molar-refractivity contribution in [3.8, 4) is 11.5 Å². The van der Waals surface area contributed by atoms with Crippen LogP contribution in [0.3, 0.4) is 0 Å². The Balaban J connectivity index is 1.96. The zero-order chi connectivity index (χ0) is 30.1.